The average Bonchev–Trinajstić information content (AvgIpc) is 3.60. The number of aromatic amines is 2. The molecule has 0 aliphatic carbocycles. The molecule has 0 spiro atoms. The number of aliphatic carboxylic acids is 2. The molecule has 236 valence electrons. The van der Waals surface area contributed by atoms with E-state index in [2.05, 4.69) is 39.8 Å². The smallest absolute Gasteiger partial charge is 0.303 e. The number of nitrogens with one attached hydrogen (secondary N) is 4. The van der Waals surface area contributed by atoms with Crippen LogP contribution in [-0.2, 0) is 44.9 Å². The predicted octanol–water partition coefficient (Wildman–Crippen LogP) is 4.17. The number of carboxylic acids is 2. The van der Waals surface area contributed by atoms with Crippen molar-refractivity contribution in [2.45, 2.75) is 78.7 Å². The van der Waals surface area contributed by atoms with Crippen molar-refractivity contribution in [1.29, 1.82) is 0 Å². The van der Waals surface area contributed by atoms with Crippen molar-refractivity contribution in [3.05, 3.63) is 74.5 Å². The number of aromatic nitrogens is 2. The number of carbonyl (C=O) groups is 4. The van der Waals surface area contributed by atoms with Crippen LogP contribution in [0, 0.1) is 25.7 Å². The Bertz CT molecular complexity index is 1560. The molecule has 44 heavy (non-hydrogen) atoms. The van der Waals surface area contributed by atoms with E-state index < -0.39 is 11.9 Å². The molecule has 2 amide bonds. The van der Waals surface area contributed by atoms with Gasteiger partial charge >= 0.3 is 11.9 Å². The lowest BCUT2D eigenvalue weighted by molar-refractivity contribution is -0.138. The van der Waals surface area contributed by atoms with Gasteiger partial charge in [0, 0.05) is 71.6 Å². The molecule has 2 aromatic heterocycles. The van der Waals surface area contributed by atoms with Crippen LogP contribution < -0.4 is 10.6 Å². The van der Waals surface area contributed by atoms with E-state index in [0.717, 1.165) is 62.7 Å². The Morgan fingerprint density at radius 3 is 2.14 bits per heavy atom. The molecule has 2 aliphatic rings. The van der Waals surface area contributed by atoms with Crippen LogP contribution in [0.15, 0.2) is 29.5 Å². The van der Waals surface area contributed by atoms with Crippen LogP contribution in [0.1, 0.15) is 78.1 Å². The maximum absolute atomic E-state index is 12.5. The summed E-state index contributed by atoms with van der Waals surface area (Å²) in [6.07, 6.45) is 5.73. The maximum Gasteiger partial charge on any atom is 0.303 e. The first-order valence-corrected chi connectivity index (χ1v) is 15.6. The van der Waals surface area contributed by atoms with Crippen LogP contribution in [-0.4, -0.2) is 55.7 Å². The Morgan fingerprint density at radius 1 is 0.955 bits per heavy atom. The molecule has 10 nitrogen and oxygen atoms in total. The van der Waals surface area contributed by atoms with Gasteiger partial charge in [-0.2, -0.15) is 12.6 Å². The molecule has 2 aliphatic heterocycles. The molecule has 0 radical (unpaired) electrons. The van der Waals surface area contributed by atoms with Crippen molar-refractivity contribution in [3.8, 4) is 0 Å². The van der Waals surface area contributed by atoms with Gasteiger partial charge in [0.1, 0.15) is 0 Å². The van der Waals surface area contributed by atoms with E-state index in [-0.39, 0.29) is 42.5 Å². The van der Waals surface area contributed by atoms with Crippen LogP contribution in [0.4, 0.5) is 0 Å². The predicted molar refractivity (Wildman–Crippen MR) is 172 cm³/mol. The number of H-pyrrole nitrogens is 2. The number of carbonyl (C=O) groups excluding carboxylic acids is 2. The second-order valence-corrected chi connectivity index (χ2v) is 12.2. The molecular weight excluding hydrogens is 580 g/mol. The third-order valence-electron chi connectivity index (χ3n) is 9.14. The van der Waals surface area contributed by atoms with Crippen LogP contribution in [0.3, 0.4) is 0 Å². The Morgan fingerprint density at radius 2 is 1.57 bits per heavy atom. The van der Waals surface area contributed by atoms with Gasteiger partial charge in [-0.15, -0.1) is 0 Å². The van der Waals surface area contributed by atoms with Gasteiger partial charge in [-0.25, -0.2) is 0 Å². The third kappa shape index (κ3) is 6.88. The van der Waals surface area contributed by atoms with Crippen LogP contribution >= 0.6 is 12.6 Å². The monoisotopic (exact) mass is 622 g/mol. The summed E-state index contributed by atoms with van der Waals surface area (Å²) in [5.41, 5.74) is 9.34. The highest BCUT2D eigenvalue weighted by Crippen LogP contribution is 2.34. The fourth-order valence-corrected chi connectivity index (χ4v) is 6.74. The Labute approximate surface area is 262 Å². The van der Waals surface area contributed by atoms with Gasteiger partial charge in [0.25, 0.3) is 5.91 Å². The fourth-order valence-electron chi connectivity index (χ4n) is 6.47. The van der Waals surface area contributed by atoms with Gasteiger partial charge in [-0.1, -0.05) is 19.6 Å². The summed E-state index contributed by atoms with van der Waals surface area (Å²) in [4.78, 5) is 55.0. The van der Waals surface area contributed by atoms with Crippen molar-refractivity contribution >= 4 is 42.5 Å². The highest BCUT2D eigenvalue weighted by Gasteiger charge is 2.35. The Kier molecular flexibility index (Phi) is 10.3. The lowest BCUT2D eigenvalue weighted by Gasteiger charge is -2.12. The van der Waals surface area contributed by atoms with E-state index in [9.17, 15) is 29.4 Å². The summed E-state index contributed by atoms with van der Waals surface area (Å²) in [6, 6.07) is -0.209. The van der Waals surface area contributed by atoms with E-state index in [1.807, 2.05) is 33.8 Å². The molecule has 1 saturated heterocycles. The number of thiol groups is 1. The average molecular weight is 623 g/mol. The van der Waals surface area contributed by atoms with Crippen molar-refractivity contribution in [3.63, 3.8) is 0 Å². The van der Waals surface area contributed by atoms with Gasteiger partial charge in [-0.05, 0) is 79.7 Å². The second kappa shape index (κ2) is 13.8. The maximum atomic E-state index is 12.5. The van der Waals surface area contributed by atoms with Crippen molar-refractivity contribution in [1.82, 2.24) is 20.6 Å². The van der Waals surface area contributed by atoms with E-state index in [0.29, 0.717) is 37.0 Å². The normalized spacial score (nSPS) is 20.8. The van der Waals surface area contributed by atoms with Gasteiger partial charge in [0.05, 0.1) is 6.04 Å². The van der Waals surface area contributed by atoms with E-state index in [1.165, 1.54) is 0 Å². The van der Waals surface area contributed by atoms with Crippen LogP contribution in [0.25, 0.3) is 6.08 Å². The molecule has 0 saturated carbocycles. The summed E-state index contributed by atoms with van der Waals surface area (Å²) >= 11 is 4.38. The highest BCUT2D eigenvalue weighted by atomic mass is 32.1. The van der Waals surface area contributed by atoms with Gasteiger partial charge < -0.3 is 30.8 Å². The molecule has 0 aromatic carbocycles. The minimum atomic E-state index is -0.900. The standard InChI is InChI=1S/C33H42N4O6S/c1-6-20-16(2)26(36-33(20)43)13-24-17(3)21(7-9-30(38)39)27(34-24)15-28-22(8-10-31(40)41)18(4)25(35-28)14-29-23(11-12-44)19(5)32(42)37-29/h6,14,19,23,26,34-35,44H,1,7-13,15H2,2-5H3,(H,36,43)(H,37,42)(H,38,39)(H,40,41)/b29-14-/t19-,23-,26-/m1/s1. The highest BCUT2D eigenvalue weighted by molar-refractivity contribution is 7.80. The first-order valence-electron chi connectivity index (χ1n) is 15.0. The second-order valence-electron chi connectivity index (χ2n) is 11.8. The van der Waals surface area contributed by atoms with E-state index >= 15 is 0 Å². The molecule has 2 aromatic rings. The number of carboxylic acid groups (broad SMARTS) is 2. The molecule has 3 atom stereocenters. The topological polar surface area (TPSA) is 164 Å². The van der Waals surface area contributed by atoms with Crippen LogP contribution in [0.5, 0.6) is 0 Å². The zero-order valence-electron chi connectivity index (χ0n) is 25.7. The molecule has 4 rings (SSSR count). The lowest BCUT2D eigenvalue weighted by atomic mass is 9.91. The molecule has 0 unspecified atom stereocenters. The quantitative estimate of drug-likeness (QED) is 0.156. The van der Waals surface area contributed by atoms with Crippen molar-refractivity contribution in [2.75, 3.05) is 5.75 Å². The Hall–Kier alpha value is -3.99. The summed E-state index contributed by atoms with van der Waals surface area (Å²) in [6.45, 7) is 11.5. The number of hydrogen-bond acceptors (Lipinski definition) is 5. The fraction of sp³-hybridized carbons (Fsp3) is 0.455. The molecule has 0 bridgehead atoms. The largest absolute Gasteiger partial charge is 0.481 e. The number of rotatable bonds is 14. The molecule has 4 heterocycles. The molecule has 11 heteroatoms. The first-order chi connectivity index (χ1) is 20.9. The minimum Gasteiger partial charge on any atom is -0.481 e. The summed E-state index contributed by atoms with van der Waals surface area (Å²) < 4.78 is 0. The Balaban J connectivity index is 1.74. The first kappa shape index (κ1) is 32.9. The summed E-state index contributed by atoms with van der Waals surface area (Å²) in [7, 11) is 0. The van der Waals surface area contributed by atoms with Gasteiger partial charge in [0.15, 0.2) is 0 Å². The summed E-state index contributed by atoms with van der Waals surface area (Å²) in [5.74, 6) is -1.50. The van der Waals surface area contributed by atoms with E-state index in [1.54, 1.807) is 6.08 Å². The van der Waals surface area contributed by atoms with Crippen molar-refractivity contribution in [2.24, 2.45) is 11.8 Å². The lowest BCUT2D eigenvalue weighted by Crippen LogP contribution is -2.30. The molecule has 1 fully saturated rings. The zero-order valence-corrected chi connectivity index (χ0v) is 26.6. The molecule has 6 N–H and O–H groups in total. The number of hydrogen-bond donors (Lipinski definition) is 7. The minimum absolute atomic E-state index is 0.0139. The zero-order chi connectivity index (χ0) is 32.3. The number of amides is 2. The SMILES string of the molecule is C=CC1=C(C)[C@@H](Cc2[nH]c(Cc3[nH]c(/C=C4\NC(=O)[C@H](C)[C@H]4CCS)c(C)c3CCC(=O)O)c(CCC(=O)O)c2C)NC1=O. The van der Waals surface area contributed by atoms with Crippen LogP contribution in [0.2, 0.25) is 0 Å². The third-order valence-corrected chi connectivity index (χ3v) is 9.40. The number of allylic oxidation sites excluding steroid dienone is 1. The van der Waals surface area contributed by atoms with Gasteiger partial charge in [0.2, 0.25) is 5.91 Å². The van der Waals surface area contributed by atoms with Crippen molar-refractivity contribution < 1.29 is 29.4 Å². The van der Waals surface area contributed by atoms with Gasteiger partial charge in [-0.3, -0.25) is 19.2 Å². The molecular formula is C33H42N4O6S. The summed E-state index contributed by atoms with van der Waals surface area (Å²) in [5, 5.41) is 25.0. The van der Waals surface area contributed by atoms with E-state index in [4.69, 9.17) is 0 Å².